The number of carbonyl (C=O) groups is 2. The van der Waals surface area contributed by atoms with Crippen LogP contribution in [0.5, 0.6) is 0 Å². The number of carboxylic acid groups (broad SMARTS) is 1. The van der Waals surface area contributed by atoms with Gasteiger partial charge in [0.1, 0.15) is 0 Å². The Morgan fingerprint density at radius 2 is 2.14 bits per heavy atom. The molecule has 0 aromatic carbocycles. The molecule has 1 aliphatic carbocycles. The smallest absolute Gasteiger partial charge is 0.317 e. The fourth-order valence-electron chi connectivity index (χ4n) is 2.85. The number of aromatic nitrogens is 1. The van der Waals surface area contributed by atoms with Gasteiger partial charge in [-0.2, -0.15) is 0 Å². The molecule has 0 aliphatic heterocycles. The van der Waals surface area contributed by atoms with E-state index >= 15 is 0 Å². The van der Waals surface area contributed by atoms with Crippen molar-refractivity contribution in [2.45, 2.75) is 44.2 Å². The van der Waals surface area contributed by atoms with Gasteiger partial charge in [-0.05, 0) is 24.5 Å². The summed E-state index contributed by atoms with van der Waals surface area (Å²) in [6.07, 6.45) is 6.76. The van der Waals surface area contributed by atoms with Crippen LogP contribution < -0.4 is 5.32 Å². The van der Waals surface area contributed by atoms with Crippen molar-refractivity contribution < 1.29 is 14.7 Å². The highest BCUT2D eigenvalue weighted by molar-refractivity contribution is 5.76. The molecule has 0 radical (unpaired) electrons. The van der Waals surface area contributed by atoms with E-state index in [9.17, 15) is 9.59 Å². The second-order valence-corrected chi connectivity index (χ2v) is 5.71. The molecule has 1 aliphatic rings. The van der Waals surface area contributed by atoms with E-state index in [2.05, 4.69) is 10.3 Å². The number of aliphatic carboxylic acids is 1. The van der Waals surface area contributed by atoms with Gasteiger partial charge in [0.15, 0.2) is 0 Å². The topological polar surface area (TPSA) is 82.5 Å². The lowest BCUT2D eigenvalue weighted by atomic mass is 9.93. The first-order chi connectivity index (χ1) is 10.0. The van der Waals surface area contributed by atoms with Crippen LogP contribution in [0.1, 0.15) is 37.7 Å². The SMILES string of the molecule is CN(Cc1cccnc1)C(=O)NC1(CC(=O)O)CCCC1. The van der Waals surface area contributed by atoms with Crippen molar-refractivity contribution in [3.8, 4) is 0 Å². The Bertz CT molecular complexity index is 498. The Hall–Kier alpha value is -2.11. The number of urea groups is 1. The van der Waals surface area contributed by atoms with E-state index in [-0.39, 0.29) is 12.5 Å². The van der Waals surface area contributed by atoms with Gasteiger partial charge in [0, 0.05) is 26.0 Å². The van der Waals surface area contributed by atoms with Gasteiger partial charge in [0.05, 0.1) is 12.0 Å². The van der Waals surface area contributed by atoms with Crippen LogP contribution in [0, 0.1) is 0 Å². The quantitative estimate of drug-likeness (QED) is 0.869. The lowest BCUT2D eigenvalue weighted by Gasteiger charge is -2.31. The van der Waals surface area contributed by atoms with Crippen LogP contribution >= 0.6 is 0 Å². The van der Waals surface area contributed by atoms with Crippen molar-refractivity contribution in [3.05, 3.63) is 30.1 Å². The highest BCUT2D eigenvalue weighted by Crippen LogP contribution is 2.32. The zero-order chi connectivity index (χ0) is 15.3. The maximum atomic E-state index is 12.3. The molecule has 6 nitrogen and oxygen atoms in total. The van der Waals surface area contributed by atoms with E-state index in [1.165, 1.54) is 0 Å². The first-order valence-corrected chi connectivity index (χ1v) is 7.15. The second-order valence-electron chi connectivity index (χ2n) is 5.71. The summed E-state index contributed by atoms with van der Waals surface area (Å²) in [5, 5.41) is 12.0. The number of amides is 2. The lowest BCUT2D eigenvalue weighted by molar-refractivity contribution is -0.138. The Morgan fingerprint density at radius 1 is 1.43 bits per heavy atom. The van der Waals surface area contributed by atoms with E-state index in [1.807, 2.05) is 12.1 Å². The minimum atomic E-state index is -0.868. The molecule has 2 rings (SSSR count). The van der Waals surface area contributed by atoms with Crippen LogP contribution in [0.15, 0.2) is 24.5 Å². The van der Waals surface area contributed by atoms with Crippen LogP contribution in [0.2, 0.25) is 0 Å². The zero-order valence-corrected chi connectivity index (χ0v) is 12.2. The molecule has 0 saturated heterocycles. The third-order valence-corrected chi connectivity index (χ3v) is 3.91. The number of nitrogens with one attached hydrogen (secondary N) is 1. The van der Waals surface area contributed by atoms with Crippen LogP contribution in [-0.2, 0) is 11.3 Å². The number of hydrogen-bond acceptors (Lipinski definition) is 3. The molecule has 2 amide bonds. The monoisotopic (exact) mass is 291 g/mol. The van der Waals surface area contributed by atoms with E-state index in [1.54, 1.807) is 24.3 Å². The molecule has 1 heterocycles. The number of pyridine rings is 1. The molecule has 2 N–H and O–H groups in total. The van der Waals surface area contributed by atoms with E-state index in [0.717, 1.165) is 31.2 Å². The number of rotatable bonds is 5. The Morgan fingerprint density at radius 3 is 2.71 bits per heavy atom. The average molecular weight is 291 g/mol. The minimum absolute atomic E-state index is 0.0144. The summed E-state index contributed by atoms with van der Waals surface area (Å²) in [5.41, 5.74) is 0.348. The van der Waals surface area contributed by atoms with Crippen molar-refractivity contribution >= 4 is 12.0 Å². The number of carbonyl (C=O) groups excluding carboxylic acids is 1. The van der Waals surface area contributed by atoms with Gasteiger partial charge in [-0.25, -0.2) is 4.79 Å². The maximum absolute atomic E-state index is 12.3. The van der Waals surface area contributed by atoms with Gasteiger partial charge < -0.3 is 15.3 Å². The molecule has 114 valence electrons. The number of carboxylic acids is 1. The first kappa shape index (κ1) is 15.3. The van der Waals surface area contributed by atoms with E-state index in [0.29, 0.717) is 6.54 Å². The summed E-state index contributed by atoms with van der Waals surface area (Å²) in [6, 6.07) is 3.49. The van der Waals surface area contributed by atoms with Gasteiger partial charge >= 0.3 is 12.0 Å². The first-order valence-electron chi connectivity index (χ1n) is 7.15. The Balaban J connectivity index is 1.97. The molecule has 1 aromatic heterocycles. The zero-order valence-electron chi connectivity index (χ0n) is 12.2. The number of nitrogens with zero attached hydrogens (tertiary/aromatic N) is 2. The standard InChI is InChI=1S/C15H21N3O3/c1-18(11-12-5-4-8-16-10-12)14(21)17-15(9-13(19)20)6-2-3-7-15/h4-5,8,10H,2-3,6-7,9,11H2,1H3,(H,17,21)(H,19,20). The van der Waals surface area contributed by atoms with Crippen LogP contribution in [0.3, 0.4) is 0 Å². The van der Waals surface area contributed by atoms with Crippen LogP contribution in [0.25, 0.3) is 0 Å². The molecule has 0 unspecified atom stereocenters. The van der Waals surface area contributed by atoms with Gasteiger partial charge in [-0.1, -0.05) is 18.9 Å². The van der Waals surface area contributed by atoms with Crippen molar-refractivity contribution in [1.82, 2.24) is 15.2 Å². The van der Waals surface area contributed by atoms with E-state index < -0.39 is 11.5 Å². The van der Waals surface area contributed by atoms with Crippen LogP contribution in [-0.4, -0.2) is 39.6 Å². The molecule has 6 heteroatoms. The second kappa shape index (κ2) is 6.56. The molecule has 0 spiro atoms. The summed E-state index contributed by atoms with van der Waals surface area (Å²) >= 11 is 0. The van der Waals surface area contributed by atoms with Crippen molar-refractivity contribution in [1.29, 1.82) is 0 Å². The summed E-state index contributed by atoms with van der Waals surface area (Å²) in [4.78, 5) is 28.9. The van der Waals surface area contributed by atoms with Gasteiger partial charge in [0.2, 0.25) is 0 Å². The van der Waals surface area contributed by atoms with Gasteiger partial charge in [0.25, 0.3) is 0 Å². The van der Waals surface area contributed by atoms with Crippen molar-refractivity contribution in [2.75, 3.05) is 7.05 Å². The Labute approximate surface area is 124 Å². The molecule has 21 heavy (non-hydrogen) atoms. The molecular formula is C15H21N3O3. The predicted octanol–water partition coefficient (Wildman–Crippen LogP) is 2.01. The highest BCUT2D eigenvalue weighted by Gasteiger charge is 2.38. The summed E-state index contributed by atoms with van der Waals surface area (Å²) < 4.78 is 0. The van der Waals surface area contributed by atoms with Gasteiger partial charge in [-0.3, -0.25) is 9.78 Å². The lowest BCUT2D eigenvalue weighted by Crippen LogP contribution is -2.51. The highest BCUT2D eigenvalue weighted by atomic mass is 16.4. The fourth-order valence-corrected chi connectivity index (χ4v) is 2.85. The number of hydrogen-bond donors (Lipinski definition) is 2. The molecule has 0 bridgehead atoms. The summed E-state index contributed by atoms with van der Waals surface area (Å²) in [7, 11) is 1.70. The summed E-state index contributed by atoms with van der Waals surface area (Å²) in [5.74, 6) is -0.868. The van der Waals surface area contributed by atoms with Crippen LogP contribution in [0.4, 0.5) is 4.79 Å². The van der Waals surface area contributed by atoms with Gasteiger partial charge in [-0.15, -0.1) is 0 Å². The van der Waals surface area contributed by atoms with Crippen molar-refractivity contribution in [2.24, 2.45) is 0 Å². The molecular weight excluding hydrogens is 270 g/mol. The maximum Gasteiger partial charge on any atom is 0.317 e. The normalized spacial score (nSPS) is 16.4. The minimum Gasteiger partial charge on any atom is -0.481 e. The fraction of sp³-hybridized carbons (Fsp3) is 0.533. The largest absolute Gasteiger partial charge is 0.481 e. The van der Waals surface area contributed by atoms with Crippen molar-refractivity contribution in [3.63, 3.8) is 0 Å². The Kier molecular flexibility index (Phi) is 4.77. The summed E-state index contributed by atoms with van der Waals surface area (Å²) in [6.45, 7) is 0.447. The average Bonchev–Trinajstić information content (AvgIpc) is 2.87. The molecule has 1 aromatic rings. The molecule has 0 atom stereocenters. The molecule has 1 saturated carbocycles. The third-order valence-electron chi connectivity index (χ3n) is 3.91. The van der Waals surface area contributed by atoms with E-state index in [4.69, 9.17) is 5.11 Å². The predicted molar refractivity (Wildman–Crippen MR) is 77.7 cm³/mol. The molecule has 1 fully saturated rings. The third kappa shape index (κ3) is 4.18.